The van der Waals surface area contributed by atoms with E-state index in [1.54, 1.807) is 0 Å². The first kappa shape index (κ1) is 13.8. The zero-order valence-electron chi connectivity index (χ0n) is 9.34. The molecule has 0 aromatic carbocycles. The van der Waals surface area contributed by atoms with Crippen LogP contribution in [0.25, 0.3) is 0 Å². The van der Waals surface area contributed by atoms with Crippen LogP contribution in [-0.2, 0) is 0 Å². The minimum atomic E-state index is 0.0173. The van der Waals surface area contributed by atoms with Crippen LogP contribution in [-0.4, -0.2) is 8.83 Å². The van der Waals surface area contributed by atoms with Crippen molar-refractivity contribution in [1.82, 2.24) is 0 Å². The molecular weight excluding hydrogens is 343 g/mol. The SMILES string of the molecule is CC1C(C)C(S)(SI)C(C)(C)C1(C)S. The highest BCUT2D eigenvalue weighted by atomic mass is 127. The number of halogens is 1. The first-order valence-electron chi connectivity index (χ1n) is 4.87. The van der Waals surface area contributed by atoms with Gasteiger partial charge in [0.1, 0.15) is 0 Å². The van der Waals surface area contributed by atoms with Crippen LogP contribution in [0.2, 0.25) is 0 Å². The molecule has 4 unspecified atom stereocenters. The minimum absolute atomic E-state index is 0.0173. The summed E-state index contributed by atoms with van der Waals surface area (Å²) in [5, 5.41) is 0. The third-order valence-corrected chi connectivity index (χ3v) is 11.0. The van der Waals surface area contributed by atoms with Crippen LogP contribution in [0, 0.1) is 17.3 Å². The Balaban J connectivity index is 3.25. The molecule has 1 fully saturated rings. The molecule has 0 aromatic heterocycles. The Morgan fingerprint density at radius 1 is 1.07 bits per heavy atom. The smallest absolute Gasteiger partial charge is 0.0773 e. The van der Waals surface area contributed by atoms with Gasteiger partial charge in [-0.25, -0.2) is 0 Å². The predicted octanol–water partition coefficient (Wildman–Crippen LogP) is 4.70. The molecule has 1 aliphatic rings. The third-order valence-electron chi connectivity index (χ3n) is 4.53. The van der Waals surface area contributed by atoms with Crippen molar-refractivity contribution in [2.24, 2.45) is 17.3 Å². The highest BCUT2D eigenvalue weighted by molar-refractivity contribution is 14.2. The van der Waals surface area contributed by atoms with Gasteiger partial charge < -0.3 is 0 Å². The van der Waals surface area contributed by atoms with Crippen molar-refractivity contribution in [2.45, 2.75) is 43.4 Å². The second kappa shape index (κ2) is 3.91. The zero-order valence-corrected chi connectivity index (χ0v) is 14.1. The van der Waals surface area contributed by atoms with Gasteiger partial charge in [0.25, 0.3) is 0 Å². The van der Waals surface area contributed by atoms with Crippen molar-refractivity contribution in [1.29, 1.82) is 0 Å². The van der Waals surface area contributed by atoms with Crippen LogP contribution in [0.15, 0.2) is 0 Å². The molecule has 1 saturated carbocycles. The maximum absolute atomic E-state index is 4.94. The van der Waals surface area contributed by atoms with Crippen LogP contribution in [0.5, 0.6) is 0 Å². The van der Waals surface area contributed by atoms with Gasteiger partial charge in [0.2, 0.25) is 0 Å². The minimum Gasteiger partial charge on any atom is -0.172 e. The maximum atomic E-state index is 4.94. The average molecular weight is 362 g/mol. The van der Waals surface area contributed by atoms with Gasteiger partial charge in [-0.2, -0.15) is 25.3 Å². The summed E-state index contributed by atoms with van der Waals surface area (Å²) in [6.07, 6.45) is 0. The second-order valence-corrected chi connectivity index (χ2v) is 9.18. The van der Waals surface area contributed by atoms with Crippen molar-refractivity contribution in [2.75, 3.05) is 0 Å². The highest BCUT2D eigenvalue weighted by Crippen LogP contribution is 2.69. The van der Waals surface area contributed by atoms with E-state index in [9.17, 15) is 0 Å². The molecule has 0 aliphatic heterocycles. The van der Waals surface area contributed by atoms with Gasteiger partial charge in [-0.3, -0.25) is 0 Å². The van der Waals surface area contributed by atoms with Crippen LogP contribution in [0.3, 0.4) is 0 Å². The molecule has 4 atom stereocenters. The van der Waals surface area contributed by atoms with Gasteiger partial charge >= 0.3 is 0 Å². The summed E-state index contributed by atoms with van der Waals surface area (Å²) in [4.78, 5) is 0. The fraction of sp³-hybridized carbons (Fsp3) is 1.00. The van der Waals surface area contributed by atoms with Gasteiger partial charge in [0, 0.05) is 10.2 Å². The summed E-state index contributed by atoms with van der Waals surface area (Å²) in [6, 6.07) is 0. The molecule has 4 heteroatoms. The van der Waals surface area contributed by atoms with E-state index in [2.05, 4.69) is 55.8 Å². The van der Waals surface area contributed by atoms with Crippen molar-refractivity contribution >= 4 is 55.4 Å². The highest BCUT2D eigenvalue weighted by Gasteiger charge is 2.65. The van der Waals surface area contributed by atoms with E-state index in [0.29, 0.717) is 11.8 Å². The average Bonchev–Trinajstić information content (AvgIpc) is 2.19. The molecule has 0 aromatic rings. The topological polar surface area (TPSA) is 0 Å². The van der Waals surface area contributed by atoms with Crippen molar-refractivity contribution in [3.63, 3.8) is 0 Å². The summed E-state index contributed by atoms with van der Waals surface area (Å²) in [7, 11) is 1.84. The van der Waals surface area contributed by atoms with Crippen molar-refractivity contribution < 1.29 is 0 Å². The molecule has 0 saturated heterocycles. The molecule has 1 rings (SSSR count). The number of thiol groups is 2. The molecule has 0 heterocycles. The molecule has 0 radical (unpaired) electrons. The lowest BCUT2D eigenvalue weighted by molar-refractivity contribution is 0.285. The number of rotatable bonds is 1. The number of hydrogen-bond acceptors (Lipinski definition) is 3. The molecule has 14 heavy (non-hydrogen) atoms. The Morgan fingerprint density at radius 2 is 1.50 bits per heavy atom. The Labute approximate surface area is 115 Å². The molecule has 84 valence electrons. The standard InChI is InChI=1S/C10H19IS3/c1-6-7(2)10(13,14-11)8(3,4)9(6,5)12/h6-7,12-13H,1-5H3. The second-order valence-electron chi connectivity index (χ2n) is 5.12. The Morgan fingerprint density at radius 3 is 1.64 bits per heavy atom. The summed E-state index contributed by atoms with van der Waals surface area (Å²) in [5.74, 6) is 1.16. The summed E-state index contributed by atoms with van der Waals surface area (Å²) >= 11 is 12.2. The molecule has 0 N–H and O–H groups in total. The lowest BCUT2D eigenvalue weighted by Gasteiger charge is -2.44. The van der Waals surface area contributed by atoms with E-state index in [1.165, 1.54) is 0 Å². The Bertz CT molecular complexity index is 237. The van der Waals surface area contributed by atoms with Crippen molar-refractivity contribution in [3.8, 4) is 0 Å². The van der Waals surface area contributed by atoms with Gasteiger partial charge in [-0.1, -0.05) is 36.6 Å². The summed E-state index contributed by atoms with van der Waals surface area (Å²) < 4.78 is 0.0653. The van der Waals surface area contributed by atoms with Crippen LogP contribution >= 0.6 is 55.4 Å². The third kappa shape index (κ3) is 1.50. The lowest BCUT2D eigenvalue weighted by Crippen LogP contribution is -2.43. The largest absolute Gasteiger partial charge is 0.172 e. The lowest BCUT2D eigenvalue weighted by atomic mass is 9.79. The van der Waals surface area contributed by atoms with E-state index in [-0.39, 0.29) is 14.2 Å². The summed E-state index contributed by atoms with van der Waals surface area (Å²) in [6.45, 7) is 11.4. The Kier molecular flexibility index (Phi) is 3.87. The first-order chi connectivity index (χ1) is 6.13. The predicted molar refractivity (Wildman–Crippen MR) is 82.8 cm³/mol. The van der Waals surface area contributed by atoms with E-state index in [0.717, 1.165) is 0 Å². The first-order valence-corrected chi connectivity index (χ1v) is 9.12. The maximum Gasteiger partial charge on any atom is 0.0773 e. The fourth-order valence-corrected chi connectivity index (χ4v) is 7.12. The fourth-order valence-electron chi connectivity index (χ4n) is 2.49. The monoisotopic (exact) mass is 362 g/mol. The quantitative estimate of drug-likeness (QED) is 0.387. The molecule has 0 amide bonds. The van der Waals surface area contributed by atoms with Gasteiger partial charge in [0.15, 0.2) is 0 Å². The van der Waals surface area contributed by atoms with Crippen LogP contribution in [0.4, 0.5) is 0 Å². The molecular formula is C10H19IS3. The zero-order chi connectivity index (χ0) is 11.4. The van der Waals surface area contributed by atoms with E-state index >= 15 is 0 Å². The Hall–Kier alpha value is 1.78. The van der Waals surface area contributed by atoms with E-state index in [1.807, 2.05) is 8.93 Å². The van der Waals surface area contributed by atoms with E-state index < -0.39 is 0 Å². The summed E-state index contributed by atoms with van der Waals surface area (Å²) in [5.41, 5.74) is 0.122. The van der Waals surface area contributed by atoms with E-state index in [4.69, 9.17) is 25.3 Å². The normalized spacial score (nSPS) is 52.3. The van der Waals surface area contributed by atoms with Gasteiger partial charge in [0.05, 0.1) is 4.08 Å². The van der Waals surface area contributed by atoms with Gasteiger partial charge in [-0.15, -0.1) is 0 Å². The number of hydrogen-bond donors (Lipinski definition) is 2. The molecule has 0 bridgehead atoms. The van der Waals surface area contributed by atoms with Crippen LogP contribution in [0.1, 0.15) is 34.6 Å². The van der Waals surface area contributed by atoms with Crippen molar-refractivity contribution in [3.05, 3.63) is 0 Å². The van der Waals surface area contributed by atoms with Crippen LogP contribution < -0.4 is 0 Å². The van der Waals surface area contributed by atoms with Gasteiger partial charge in [-0.05, 0) is 40.0 Å². The molecule has 0 spiro atoms. The molecule has 0 nitrogen and oxygen atoms in total. The molecule has 1 aliphatic carbocycles.